The number of hydrogen-bond acceptors (Lipinski definition) is 7. The van der Waals surface area contributed by atoms with Gasteiger partial charge in [0.1, 0.15) is 11.6 Å². The van der Waals surface area contributed by atoms with E-state index in [0.717, 1.165) is 25.9 Å². The third kappa shape index (κ3) is 6.28. The first-order chi connectivity index (χ1) is 14.9. The number of rotatable bonds is 6. The van der Waals surface area contributed by atoms with Gasteiger partial charge in [0.05, 0.1) is 4.91 Å². The Balaban J connectivity index is 1.75. The van der Waals surface area contributed by atoms with Gasteiger partial charge in [-0.05, 0) is 69.9 Å². The molecular weight excluding hydrogens is 421 g/mol. The van der Waals surface area contributed by atoms with Crippen molar-refractivity contribution in [3.05, 3.63) is 34.5 Å². The van der Waals surface area contributed by atoms with Crippen molar-refractivity contribution in [3.8, 4) is 5.75 Å². The smallest absolute Gasteiger partial charge is 0.410 e. The number of carbonyl (C=O) groups is 2. The summed E-state index contributed by atoms with van der Waals surface area (Å²) in [5, 5.41) is 2.44. The Morgan fingerprint density at radius 2 is 2.16 bits per heavy atom. The van der Waals surface area contributed by atoms with Gasteiger partial charge in [-0.1, -0.05) is 0 Å². The summed E-state index contributed by atoms with van der Waals surface area (Å²) in [6, 6.07) is 3.87. The summed E-state index contributed by atoms with van der Waals surface area (Å²) in [4.78, 5) is 33.0. The van der Waals surface area contributed by atoms with Crippen LogP contribution in [0.3, 0.4) is 0 Å². The predicted octanol–water partition coefficient (Wildman–Crippen LogP) is 2.78. The lowest BCUT2D eigenvalue weighted by Crippen LogP contribution is -2.45. The zero-order chi connectivity index (χ0) is 22.4. The Labute approximate surface area is 186 Å². The van der Waals surface area contributed by atoms with E-state index in [1.54, 1.807) is 4.90 Å². The summed E-state index contributed by atoms with van der Waals surface area (Å²) in [6.45, 7) is 5.16. The first-order valence-electron chi connectivity index (χ1n) is 10.3. The van der Waals surface area contributed by atoms with E-state index in [0.29, 0.717) is 35.3 Å². The molecule has 0 aliphatic carbocycles. The SMILES string of the molecule is CCN(CCN(C)C)C(=O)Oc1ccc(F)cc1C=C1SC(N2CCCCN2)=NC1=O. The maximum absolute atomic E-state index is 13.9. The maximum atomic E-state index is 13.9. The molecular formula is C21H28FN5O3S. The van der Waals surface area contributed by atoms with Crippen molar-refractivity contribution >= 4 is 35.0 Å². The third-order valence-corrected chi connectivity index (χ3v) is 5.87. The molecule has 1 saturated heterocycles. The minimum atomic E-state index is -0.518. The summed E-state index contributed by atoms with van der Waals surface area (Å²) >= 11 is 1.22. The van der Waals surface area contributed by atoms with E-state index in [1.807, 2.05) is 30.9 Å². The molecule has 0 unspecified atom stereocenters. The number of benzene rings is 1. The van der Waals surface area contributed by atoms with E-state index in [4.69, 9.17) is 4.74 Å². The van der Waals surface area contributed by atoms with E-state index >= 15 is 0 Å². The van der Waals surface area contributed by atoms with Crippen LogP contribution < -0.4 is 10.2 Å². The van der Waals surface area contributed by atoms with E-state index in [2.05, 4.69) is 10.4 Å². The van der Waals surface area contributed by atoms with Crippen LogP contribution in [0, 0.1) is 5.82 Å². The molecule has 0 bridgehead atoms. The number of hydrogen-bond donors (Lipinski definition) is 1. The van der Waals surface area contributed by atoms with Crippen LogP contribution in [-0.2, 0) is 4.79 Å². The van der Waals surface area contributed by atoms with Gasteiger partial charge in [0.25, 0.3) is 5.91 Å². The van der Waals surface area contributed by atoms with E-state index in [1.165, 1.54) is 36.0 Å². The molecule has 2 aliphatic rings. The standard InChI is InChI=1S/C21H28FN5O3S/c1-4-26(12-11-25(2)3)21(29)30-17-8-7-16(22)13-15(17)14-18-19(28)24-20(31-18)27-10-6-5-9-23-27/h7-8,13-14,23H,4-6,9-12H2,1-3H3. The number of thioether (sulfide) groups is 1. The van der Waals surface area contributed by atoms with Crippen molar-refractivity contribution in [1.29, 1.82) is 0 Å². The number of nitrogens with one attached hydrogen (secondary N) is 1. The van der Waals surface area contributed by atoms with Crippen molar-refractivity contribution in [1.82, 2.24) is 20.2 Å². The molecule has 2 aliphatic heterocycles. The first kappa shape index (κ1) is 23.2. The molecule has 1 aromatic carbocycles. The second-order valence-corrected chi connectivity index (χ2v) is 8.52. The average molecular weight is 450 g/mol. The monoisotopic (exact) mass is 449 g/mol. The number of carbonyl (C=O) groups excluding carboxylic acids is 2. The number of hydrazine groups is 1. The van der Waals surface area contributed by atoms with E-state index in [9.17, 15) is 14.0 Å². The van der Waals surface area contributed by atoms with Gasteiger partial charge < -0.3 is 14.5 Å². The van der Waals surface area contributed by atoms with Crippen molar-refractivity contribution < 1.29 is 18.7 Å². The average Bonchev–Trinajstić information content (AvgIpc) is 3.11. The minimum Gasteiger partial charge on any atom is -0.410 e. The van der Waals surface area contributed by atoms with Crippen LogP contribution in [0.4, 0.5) is 9.18 Å². The Morgan fingerprint density at radius 3 is 2.84 bits per heavy atom. The maximum Gasteiger partial charge on any atom is 0.415 e. The highest BCUT2D eigenvalue weighted by Gasteiger charge is 2.27. The largest absolute Gasteiger partial charge is 0.415 e. The molecule has 0 aromatic heterocycles. The lowest BCUT2D eigenvalue weighted by molar-refractivity contribution is -0.113. The van der Waals surface area contributed by atoms with Gasteiger partial charge in [-0.2, -0.15) is 4.99 Å². The fraction of sp³-hybridized carbons (Fsp3) is 0.476. The summed E-state index contributed by atoms with van der Waals surface area (Å²) in [5.74, 6) is -0.684. The number of amidine groups is 1. The van der Waals surface area contributed by atoms with Gasteiger partial charge in [0.2, 0.25) is 0 Å². The molecule has 1 fully saturated rings. The molecule has 3 rings (SSSR count). The van der Waals surface area contributed by atoms with Crippen LogP contribution in [0.1, 0.15) is 25.3 Å². The summed E-state index contributed by atoms with van der Waals surface area (Å²) in [7, 11) is 3.85. The van der Waals surface area contributed by atoms with Crippen molar-refractivity contribution in [2.24, 2.45) is 4.99 Å². The molecule has 0 saturated carbocycles. The fourth-order valence-corrected chi connectivity index (χ4v) is 4.00. The summed E-state index contributed by atoms with van der Waals surface area (Å²) in [6.07, 6.45) is 3.10. The molecule has 0 spiro atoms. The second-order valence-electron chi connectivity index (χ2n) is 7.51. The van der Waals surface area contributed by atoms with E-state index < -0.39 is 17.8 Å². The van der Waals surface area contributed by atoms with Crippen LogP contribution >= 0.6 is 11.8 Å². The second kappa shape index (κ2) is 10.7. The number of ether oxygens (including phenoxy) is 1. The third-order valence-electron chi connectivity index (χ3n) is 4.86. The summed E-state index contributed by atoms with van der Waals surface area (Å²) < 4.78 is 19.5. The highest BCUT2D eigenvalue weighted by Crippen LogP contribution is 2.33. The molecule has 0 radical (unpaired) electrons. The van der Waals surface area contributed by atoms with Gasteiger partial charge in [-0.15, -0.1) is 0 Å². The van der Waals surface area contributed by atoms with Crippen molar-refractivity contribution in [2.75, 3.05) is 46.8 Å². The quantitative estimate of drug-likeness (QED) is 0.669. The number of likely N-dealkylation sites (N-methyl/N-ethyl adjacent to an activating group) is 2. The predicted molar refractivity (Wildman–Crippen MR) is 120 cm³/mol. The van der Waals surface area contributed by atoms with E-state index in [-0.39, 0.29) is 5.75 Å². The van der Waals surface area contributed by atoms with Crippen molar-refractivity contribution in [3.63, 3.8) is 0 Å². The molecule has 1 aromatic rings. The highest BCUT2D eigenvalue weighted by molar-refractivity contribution is 8.18. The van der Waals surface area contributed by atoms with Crippen LogP contribution in [0.5, 0.6) is 5.75 Å². The summed E-state index contributed by atoms with van der Waals surface area (Å²) in [5.41, 5.74) is 3.53. The lowest BCUT2D eigenvalue weighted by Gasteiger charge is -2.28. The Hall–Kier alpha value is -2.43. The van der Waals surface area contributed by atoms with Gasteiger partial charge in [0, 0.05) is 38.3 Å². The first-order valence-corrected chi connectivity index (χ1v) is 11.1. The number of nitrogens with zero attached hydrogens (tertiary/aromatic N) is 4. The van der Waals surface area contributed by atoms with Gasteiger partial charge in [0.15, 0.2) is 5.17 Å². The molecule has 8 nitrogen and oxygen atoms in total. The van der Waals surface area contributed by atoms with Crippen molar-refractivity contribution in [2.45, 2.75) is 19.8 Å². The number of aliphatic imine (C=N–C) groups is 1. The Kier molecular flexibility index (Phi) is 8.05. The van der Waals surface area contributed by atoms with Gasteiger partial charge >= 0.3 is 6.09 Å². The molecule has 10 heteroatoms. The molecule has 168 valence electrons. The molecule has 31 heavy (non-hydrogen) atoms. The van der Waals surface area contributed by atoms with Crippen LogP contribution in [0.2, 0.25) is 0 Å². The normalized spacial score (nSPS) is 18.0. The van der Waals surface area contributed by atoms with Gasteiger partial charge in [-0.3, -0.25) is 9.80 Å². The molecule has 2 amide bonds. The minimum absolute atomic E-state index is 0.195. The molecule has 2 heterocycles. The molecule has 0 atom stereocenters. The van der Waals surface area contributed by atoms with Crippen LogP contribution in [0.25, 0.3) is 6.08 Å². The Morgan fingerprint density at radius 1 is 1.35 bits per heavy atom. The lowest BCUT2D eigenvalue weighted by atomic mass is 10.1. The zero-order valence-corrected chi connectivity index (χ0v) is 18.9. The fourth-order valence-electron chi connectivity index (χ4n) is 3.09. The zero-order valence-electron chi connectivity index (χ0n) is 18.1. The van der Waals surface area contributed by atoms with Gasteiger partial charge in [-0.25, -0.2) is 14.6 Å². The number of amides is 2. The topological polar surface area (TPSA) is 77.5 Å². The highest BCUT2D eigenvalue weighted by atomic mass is 32.2. The van der Waals surface area contributed by atoms with Crippen LogP contribution in [0.15, 0.2) is 28.1 Å². The number of halogens is 1. The molecule has 1 N–H and O–H groups in total. The Bertz CT molecular complexity index is 884. The van der Waals surface area contributed by atoms with Crippen LogP contribution in [-0.4, -0.2) is 78.8 Å².